The molecule has 1 heterocycles. The van der Waals surface area contributed by atoms with E-state index in [0.717, 1.165) is 12.1 Å². The van der Waals surface area contributed by atoms with Gasteiger partial charge in [-0.3, -0.25) is 20.2 Å². The van der Waals surface area contributed by atoms with Crippen LogP contribution in [0.1, 0.15) is 0 Å². The maximum Gasteiger partial charge on any atom is 0.301 e. The lowest BCUT2D eigenvalue weighted by Gasteiger charge is -2.08. The Kier molecular flexibility index (Phi) is 4.88. The number of phenols is 1. The molecule has 1 N–H and O–H groups in total. The smallest absolute Gasteiger partial charge is 0.301 e. The summed E-state index contributed by atoms with van der Waals surface area (Å²) in [6.45, 7) is 0. The van der Waals surface area contributed by atoms with Crippen molar-refractivity contribution >= 4 is 11.4 Å². The van der Waals surface area contributed by atoms with Crippen LogP contribution in [0.25, 0.3) is 28.2 Å². The number of benzene rings is 3. The largest absolute Gasteiger partial charge is 0.508 e. The lowest BCUT2D eigenvalue weighted by molar-refractivity contribution is -0.394. The molecular formula is C21H13FN4O5. The molecule has 9 nitrogen and oxygen atoms in total. The highest BCUT2D eigenvalue weighted by molar-refractivity contribution is 5.72. The Labute approximate surface area is 173 Å². The zero-order valence-electron chi connectivity index (χ0n) is 15.7. The van der Waals surface area contributed by atoms with E-state index in [4.69, 9.17) is 0 Å². The number of rotatable bonds is 5. The maximum atomic E-state index is 13.4. The van der Waals surface area contributed by atoms with Gasteiger partial charge < -0.3 is 5.11 Å². The first-order valence-electron chi connectivity index (χ1n) is 8.92. The first-order chi connectivity index (χ1) is 14.8. The standard InChI is InChI=1S/C21H13FN4O5/c22-15-5-1-14(2-6-15)20-12-18(13-3-8-17(27)9-4-13)23-24(20)19-10-7-16(25(28)29)11-21(19)26(30)31/h1-12,27H. The summed E-state index contributed by atoms with van der Waals surface area (Å²) >= 11 is 0. The zero-order valence-corrected chi connectivity index (χ0v) is 15.7. The van der Waals surface area contributed by atoms with Crippen LogP contribution in [0.3, 0.4) is 0 Å². The maximum absolute atomic E-state index is 13.4. The lowest BCUT2D eigenvalue weighted by Crippen LogP contribution is -2.04. The van der Waals surface area contributed by atoms with Gasteiger partial charge in [-0.25, -0.2) is 9.07 Å². The van der Waals surface area contributed by atoms with Crippen molar-refractivity contribution in [2.45, 2.75) is 0 Å². The minimum absolute atomic E-state index is 0.0138. The molecule has 0 aliphatic carbocycles. The average Bonchev–Trinajstić information content (AvgIpc) is 3.19. The summed E-state index contributed by atoms with van der Waals surface area (Å²) in [6, 6.07) is 16.6. The van der Waals surface area contributed by atoms with Gasteiger partial charge in [0, 0.05) is 17.2 Å². The quantitative estimate of drug-likeness (QED) is 0.363. The average molecular weight is 420 g/mol. The molecule has 4 aromatic rings. The number of aromatic hydroxyl groups is 1. The van der Waals surface area contributed by atoms with Gasteiger partial charge in [0.05, 0.1) is 27.3 Å². The minimum atomic E-state index is -0.724. The molecular weight excluding hydrogens is 407 g/mol. The Morgan fingerprint density at radius 2 is 1.48 bits per heavy atom. The summed E-state index contributed by atoms with van der Waals surface area (Å²) < 4.78 is 14.7. The third kappa shape index (κ3) is 3.81. The molecule has 0 amide bonds. The van der Waals surface area contributed by atoms with Gasteiger partial charge in [-0.15, -0.1) is 0 Å². The van der Waals surface area contributed by atoms with Crippen molar-refractivity contribution in [2.24, 2.45) is 0 Å². The van der Waals surface area contributed by atoms with Gasteiger partial charge in [0.15, 0.2) is 0 Å². The first-order valence-corrected chi connectivity index (χ1v) is 8.92. The second kappa shape index (κ2) is 7.67. The molecule has 154 valence electrons. The Hall–Kier alpha value is -4.60. The third-order valence-corrected chi connectivity index (χ3v) is 4.61. The van der Waals surface area contributed by atoms with Crippen LogP contribution >= 0.6 is 0 Å². The lowest BCUT2D eigenvalue weighted by atomic mass is 10.1. The number of hydrogen-bond acceptors (Lipinski definition) is 6. The molecule has 0 spiro atoms. The van der Waals surface area contributed by atoms with E-state index >= 15 is 0 Å². The van der Waals surface area contributed by atoms with E-state index < -0.39 is 27.0 Å². The van der Waals surface area contributed by atoms with Crippen molar-refractivity contribution < 1.29 is 19.3 Å². The third-order valence-electron chi connectivity index (χ3n) is 4.61. The summed E-state index contributed by atoms with van der Waals surface area (Å²) in [7, 11) is 0. The van der Waals surface area contributed by atoms with Crippen LogP contribution in [0.2, 0.25) is 0 Å². The van der Waals surface area contributed by atoms with Crippen molar-refractivity contribution in [3.8, 4) is 34.0 Å². The number of phenolic OH excluding ortho intramolecular Hbond substituents is 1. The number of nitrogens with zero attached hydrogens (tertiary/aromatic N) is 4. The van der Waals surface area contributed by atoms with Crippen LogP contribution < -0.4 is 0 Å². The van der Waals surface area contributed by atoms with E-state index in [-0.39, 0.29) is 11.4 Å². The van der Waals surface area contributed by atoms with Gasteiger partial charge in [-0.05, 0) is 60.7 Å². The molecule has 0 saturated heterocycles. The summed E-state index contributed by atoms with van der Waals surface area (Å²) in [5, 5.41) is 36.7. The SMILES string of the molecule is O=[N+]([O-])c1ccc(-n2nc(-c3ccc(O)cc3)cc2-c2ccc(F)cc2)c([N+](=O)[O-])c1. The monoisotopic (exact) mass is 420 g/mol. The molecule has 0 unspecified atom stereocenters. The molecule has 0 saturated carbocycles. The minimum Gasteiger partial charge on any atom is -0.508 e. The highest BCUT2D eigenvalue weighted by Gasteiger charge is 2.24. The molecule has 0 bridgehead atoms. The Balaban J connectivity index is 1.96. The molecule has 4 rings (SSSR count). The van der Waals surface area contributed by atoms with Crippen molar-refractivity contribution in [3.05, 3.63) is 98.8 Å². The van der Waals surface area contributed by atoms with Crippen LogP contribution in [0.5, 0.6) is 5.75 Å². The first kappa shape index (κ1) is 19.7. The van der Waals surface area contributed by atoms with Gasteiger partial charge in [0.2, 0.25) is 0 Å². The summed E-state index contributed by atoms with van der Waals surface area (Å²) in [5.41, 5.74) is 1.10. The fourth-order valence-corrected chi connectivity index (χ4v) is 3.12. The number of nitro benzene ring substituents is 2. The van der Waals surface area contributed by atoms with E-state index in [2.05, 4.69) is 5.10 Å². The molecule has 0 aliphatic heterocycles. The van der Waals surface area contributed by atoms with Crippen LogP contribution in [-0.4, -0.2) is 24.7 Å². The van der Waals surface area contributed by atoms with Crippen LogP contribution in [0, 0.1) is 26.0 Å². The Morgan fingerprint density at radius 3 is 2.10 bits per heavy atom. The van der Waals surface area contributed by atoms with Crippen LogP contribution in [0.4, 0.5) is 15.8 Å². The molecule has 10 heteroatoms. The second-order valence-electron chi connectivity index (χ2n) is 6.57. The van der Waals surface area contributed by atoms with Crippen molar-refractivity contribution in [1.82, 2.24) is 9.78 Å². The van der Waals surface area contributed by atoms with Gasteiger partial charge in [-0.1, -0.05) is 0 Å². The van der Waals surface area contributed by atoms with E-state index in [1.54, 1.807) is 18.2 Å². The molecule has 1 aromatic heterocycles. The van der Waals surface area contributed by atoms with Crippen LogP contribution in [0.15, 0.2) is 72.8 Å². The predicted octanol–water partition coefficient (Wildman–Crippen LogP) is 4.87. The number of non-ortho nitro benzene ring substituents is 1. The number of aromatic nitrogens is 2. The topological polar surface area (TPSA) is 124 Å². The molecule has 31 heavy (non-hydrogen) atoms. The van der Waals surface area contributed by atoms with E-state index in [1.165, 1.54) is 47.1 Å². The van der Waals surface area contributed by atoms with Crippen molar-refractivity contribution in [2.75, 3.05) is 0 Å². The summed E-state index contributed by atoms with van der Waals surface area (Å²) in [4.78, 5) is 21.3. The predicted molar refractivity (Wildman–Crippen MR) is 109 cm³/mol. The molecule has 0 atom stereocenters. The van der Waals surface area contributed by atoms with Crippen LogP contribution in [-0.2, 0) is 0 Å². The second-order valence-corrected chi connectivity index (χ2v) is 6.57. The summed E-state index contributed by atoms with van der Waals surface area (Å²) in [5.74, 6) is -0.386. The number of nitro groups is 2. The number of halogens is 1. The Bertz CT molecular complexity index is 1300. The normalized spacial score (nSPS) is 10.7. The molecule has 3 aromatic carbocycles. The molecule has 0 radical (unpaired) electrons. The van der Waals surface area contributed by atoms with Gasteiger partial charge in [0.25, 0.3) is 5.69 Å². The van der Waals surface area contributed by atoms with E-state index in [1.807, 2.05) is 0 Å². The van der Waals surface area contributed by atoms with Gasteiger partial charge in [-0.2, -0.15) is 5.10 Å². The summed E-state index contributed by atoms with van der Waals surface area (Å²) in [6.07, 6.45) is 0. The Morgan fingerprint density at radius 1 is 0.839 bits per heavy atom. The number of hydrogen-bond donors (Lipinski definition) is 1. The molecule has 0 aliphatic rings. The zero-order chi connectivity index (χ0) is 22.1. The fourth-order valence-electron chi connectivity index (χ4n) is 3.12. The highest BCUT2D eigenvalue weighted by atomic mass is 19.1. The van der Waals surface area contributed by atoms with Crippen molar-refractivity contribution in [3.63, 3.8) is 0 Å². The van der Waals surface area contributed by atoms with E-state index in [0.29, 0.717) is 22.5 Å². The molecule has 0 fully saturated rings. The van der Waals surface area contributed by atoms with E-state index in [9.17, 15) is 29.7 Å². The van der Waals surface area contributed by atoms with Gasteiger partial charge >= 0.3 is 5.69 Å². The fraction of sp³-hybridized carbons (Fsp3) is 0. The van der Waals surface area contributed by atoms with Crippen molar-refractivity contribution in [1.29, 1.82) is 0 Å². The van der Waals surface area contributed by atoms with Gasteiger partial charge in [0.1, 0.15) is 17.3 Å². The highest BCUT2D eigenvalue weighted by Crippen LogP contribution is 2.34.